The van der Waals surface area contributed by atoms with Gasteiger partial charge in [0.25, 0.3) is 0 Å². The number of sulfonamides is 1. The van der Waals surface area contributed by atoms with E-state index in [1.54, 1.807) is 40.5 Å². The maximum absolute atomic E-state index is 12.7. The summed E-state index contributed by atoms with van der Waals surface area (Å²) in [6, 6.07) is 10.2. The summed E-state index contributed by atoms with van der Waals surface area (Å²) in [5.74, 6) is -0.101. The van der Waals surface area contributed by atoms with Gasteiger partial charge in [0.2, 0.25) is 15.9 Å². The number of rotatable bonds is 4. The van der Waals surface area contributed by atoms with Crippen LogP contribution in [0.5, 0.6) is 0 Å². The predicted molar refractivity (Wildman–Crippen MR) is 105 cm³/mol. The molecule has 0 saturated carbocycles. The Morgan fingerprint density at radius 2 is 1.88 bits per heavy atom. The van der Waals surface area contributed by atoms with Crippen molar-refractivity contribution >= 4 is 44.9 Å². The first-order valence-electron chi connectivity index (χ1n) is 8.15. The van der Waals surface area contributed by atoms with Crippen molar-refractivity contribution in [2.24, 2.45) is 0 Å². The van der Waals surface area contributed by atoms with Gasteiger partial charge in [-0.05, 0) is 43.3 Å². The summed E-state index contributed by atoms with van der Waals surface area (Å²) in [7, 11) is -3.59. The smallest absolute Gasteiger partial charge is 0.246 e. The van der Waals surface area contributed by atoms with Crippen molar-refractivity contribution in [3.05, 3.63) is 57.3 Å². The Hall–Kier alpha value is -1.67. The van der Waals surface area contributed by atoms with Gasteiger partial charge < -0.3 is 4.90 Å². The van der Waals surface area contributed by atoms with Crippen molar-refractivity contribution in [2.75, 3.05) is 26.2 Å². The SMILES string of the molecule is Cc1ccc(/C=C/C(=O)N2CCN(S(=O)(=O)c3cccc(Cl)c3)CC2)s1. The number of thiophene rings is 1. The second-order valence-electron chi connectivity index (χ2n) is 5.97. The largest absolute Gasteiger partial charge is 0.337 e. The van der Waals surface area contributed by atoms with Gasteiger partial charge in [-0.25, -0.2) is 8.42 Å². The van der Waals surface area contributed by atoms with Crippen LogP contribution >= 0.6 is 22.9 Å². The van der Waals surface area contributed by atoms with Crippen LogP contribution < -0.4 is 0 Å². The summed E-state index contributed by atoms with van der Waals surface area (Å²) < 4.78 is 26.8. The number of halogens is 1. The van der Waals surface area contributed by atoms with Crippen LogP contribution in [0.4, 0.5) is 0 Å². The first-order valence-corrected chi connectivity index (χ1v) is 10.8. The molecule has 0 spiro atoms. The number of hydrogen-bond acceptors (Lipinski definition) is 4. The van der Waals surface area contributed by atoms with Crippen molar-refractivity contribution in [3.63, 3.8) is 0 Å². The van der Waals surface area contributed by atoms with Gasteiger partial charge in [-0.2, -0.15) is 4.31 Å². The summed E-state index contributed by atoms with van der Waals surface area (Å²) in [6.07, 6.45) is 3.35. The van der Waals surface area contributed by atoms with E-state index in [-0.39, 0.29) is 23.9 Å². The van der Waals surface area contributed by atoms with Crippen molar-refractivity contribution in [1.29, 1.82) is 0 Å². The molecule has 0 unspecified atom stereocenters. The van der Waals surface area contributed by atoms with E-state index in [4.69, 9.17) is 11.6 Å². The molecule has 1 aromatic carbocycles. The topological polar surface area (TPSA) is 57.7 Å². The van der Waals surface area contributed by atoms with E-state index in [0.29, 0.717) is 18.1 Å². The molecule has 1 fully saturated rings. The van der Waals surface area contributed by atoms with Gasteiger partial charge in [-0.3, -0.25) is 4.79 Å². The van der Waals surface area contributed by atoms with Gasteiger partial charge in [0, 0.05) is 47.0 Å². The fourth-order valence-electron chi connectivity index (χ4n) is 2.73. The third kappa shape index (κ3) is 4.35. The molecule has 0 radical (unpaired) electrons. The first kappa shape index (κ1) is 19.1. The third-order valence-electron chi connectivity index (χ3n) is 4.14. The van der Waals surface area contributed by atoms with Gasteiger partial charge >= 0.3 is 0 Å². The Morgan fingerprint density at radius 1 is 1.15 bits per heavy atom. The molecule has 138 valence electrons. The minimum atomic E-state index is -3.59. The van der Waals surface area contributed by atoms with E-state index < -0.39 is 10.0 Å². The lowest BCUT2D eigenvalue weighted by atomic mass is 10.3. The van der Waals surface area contributed by atoms with Crippen molar-refractivity contribution in [1.82, 2.24) is 9.21 Å². The molecule has 8 heteroatoms. The van der Waals surface area contributed by atoms with Crippen LogP contribution in [0.1, 0.15) is 9.75 Å². The highest BCUT2D eigenvalue weighted by Crippen LogP contribution is 2.21. The Kier molecular flexibility index (Phi) is 5.82. The molecule has 0 N–H and O–H groups in total. The van der Waals surface area contributed by atoms with Gasteiger partial charge in [0.1, 0.15) is 0 Å². The van der Waals surface area contributed by atoms with Crippen molar-refractivity contribution in [3.8, 4) is 0 Å². The number of nitrogens with zero attached hydrogens (tertiary/aromatic N) is 2. The van der Waals surface area contributed by atoms with Crippen molar-refractivity contribution in [2.45, 2.75) is 11.8 Å². The van der Waals surface area contributed by atoms with E-state index >= 15 is 0 Å². The van der Waals surface area contributed by atoms with Gasteiger partial charge in [-0.15, -0.1) is 11.3 Å². The lowest BCUT2D eigenvalue weighted by molar-refractivity contribution is -0.127. The molecular formula is C18H19ClN2O3S2. The minimum absolute atomic E-state index is 0.101. The fourth-order valence-corrected chi connectivity index (χ4v) is 5.23. The predicted octanol–water partition coefficient (Wildman–Crippen LogP) is 3.26. The lowest BCUT2D eigenvalue weighted by Crippen LogP contribution is -2.50. The number of amides is 1. The number of carbonyl (C=O) groups excluding carboxylic acids is 1. The molecule has 0 atom stereocenters. The minimum Gasteiger partial charge on any atom is -0.337 e. The third-order valence-corrected chi connectivity index (χ3v) is 7.23. The highest BCUT2D eigenvalue weighted by Gasteiger charge is 2.29. The Morgan fingerprint density at radius 3 is 2.50 bits per heavy atom. The van der Waals surface area contributed by atoms with E-state index in [9.17, 15) is 13.2 Å². The molecule has 1 aliphatic rings. The normalized spacial score (nSPS) is 16.3. The van der Waals surface area contributed by atoms with Crippen LogP contribution in [0.2, 0.25) is 5.02 Å². The Balaban J connectivity index is 1.61. The van der Waals surface area contributed by atoms with Crippen LogP contribution in [0.25, 0.3) is 6.08 Å². The first-order chi connectivity index (χ1) is 12.4. The van der Waals surface area contributed by atoms with E-state index in [1.165, 1.54) is 21.3 Å². The maximum Gasteiger partial charge on any atom is 0.246 e. The summed E-state index contributed by atoms with van der Waals surface area (Å²) in [5, 5.41) is 0.383. The molecule has 2 heterocycles. The van der Waals surface area contributed by atoms with Crippen LogP contribution in [0.15, 0.2) is 47.4 Å². The zero-order valence-electron chi connectivity index (χ0n) is 14.3. The van der Waals surface area contributed by atoms with E-state index in [1.807, 2.05) is 19.1 Å². The van der Waals surface area contributed by atoms with Crippen molar-refractivity contribution < 1.29 is 13.2 Å². The molecule has 3 rings (SSSR count). The molecule has 1 saturated heterocycles. The van der Waals surface area contributed by atoms with Gasteiger partial charge in [-0.1, -0.05) is 17.7 Å². The summed E-state index contributed by atoms with van der Waals surface area (Å²) >= 11 is 7.52. The lowest BCUT2D eigenvalue weighted by Gasteiger charge is -2.33. The van der Waals surface area contributed by atoms with Gasteiger partial charge in [0.15, 0.2) is 0 Å². The molecule has 1 amide bonds. The summed E-state index contributed by atoms with van der Waals surface area (Å²) in [4.78, 5) is 16.4. The number of aryl methyl sites for hydroxylation is 1. The number of benzene rings is 1. The van der Waals surface area contributed by atoms with E-state index in [0.717, 1.165) is 4.88 Å². The Bertz CT molecular complexity index is 929. The highest BCUT2D eigenvalue weighted by molar-refractivity contribution is 7.89. The second-order valence-corrected chi connectivity index (χ2v) is 9.66. The quantitative estimate of drug-likeness (QED) is 0.727. The molecular weight excluding hydrogens is 392 g/mol. The Labute approximate surface area is 162 Å². The molecule has 5 nitrogen and oxygen atoms in total. The van der Waals surface area contributed by atoms with Crippen LogP contribution in [-0.2, 0) is 14.8 Å². The molecule has 1 aromatic heterocycles. The average molecular weight is 411 g/mol. The van der Waals surface area contributed by atoms with Crippen LogP contribution in [0.3, 0.4) is 0 Å². The monoisotopic (exact) mass is 410 g/mol. The van der Waals surface area contributed by atoms with Gasteiger partial charge in [0.05, 0.1) is 4.90 Å². The number of piperazine rings is 1. The zero-order chi connectivity index (χ0) is 18.7. The van der Waals surface area contributed by atoms with E-state index in [2.05, 4.69) is 0 Å². The van der Waals surface area contributed by atoms with Crippen LogP contribution in [0, 0.1) is 6.92 Å². The molecule has 0 aliphatic carbocycles. The molecule has 2 aromatic rings. The highest BCUT2D eigenvalue weighted by atomic mass is 35.5. The zero-order valence-corrected chi connectivity index (χ0v) is 16.6. The second kappa shape index (κ2) is 7.92. The number of hydrogen-bond donors (Lipinski definition) is 0. The fraction of sp³-hybridized carbons (Fsp3) is 0.278. The summed E-state index contributed by atoms with van der Waals surface area (Å²) in [5.41, 5.74) is 0. The standard InChI is InChI=1S/C18H19ClN2O3S2/c1-14-5-6-16(25-14)7-8-18(22)20-9-11-21(12-10-20)26(23,24)17-4-2-3-15(19)13-17/h2-8,13H,9-12H2,1H3/b8-7+. The maximum atomic E-state index is 12.7. The average Bonchev–Trinajstić information content (AvgIpc) is 3.05. The molecule has 1 aliphatic heterocycles. The number of carbonyl (C=O) groups is 1. The summed E-state index contributed by atoms with van der Waals surface area (Å²) in [6.45, 7) is 3.29. The molecule has 0 bridgehead atoms. The van der Waals surface area contributed by atoms with Crippen LogP contribution in [-0.4, -0.2) is 49.7 Å². The molecule has 26 heavy (non-hydrogen) atoms.